The van der Waals surface area contributed by atoms with Crippen molar-refractivity contribution < 1.29 is 10.1 Å². The van der Waals surface area contributed by atoms with Gasteiger partial charge in [-0.1, -0.05) is 0 Å². The molecule has 66 valence electrons. The average Bonchev–Trinajstić information content (AvgIpc) is 2.13. The maximum Gasteiger partial charge on any atom is 0.302 e. The van der Waals surface area contributed by atoms with E-state index in [0.29, 0.717) is 0 Å². The lowest BCUT2D eigenvalue weighted by Gasteiger charge is -1.87. The standard InChI is InChI=1S/C6H5ClN2O.CH4O/c1-4-2-5(9-10)6(7)8-3-4;1-2/h2-3H,1H3;2H,1H3/p+1. The van der Waals surface area contributed by atoms with Crippen LogP contribution in [-0.4, -0.2) is 12.2 Å². The second kappa shape index (κ2) is 5.62. The first-order chi connectivity index (χ1) is 5.74. The fourth-order valence-electron chi connectivity index (χ4n) is 0.638. The van der Waals surface area contributed by atoms with Gasteiger partial charge in [-0.3, -0.25) is 0 Å². The van der Waals surface area contributed by atoms with Crippen LogP contribution in [0.4, 0.5) is 5.69 Å². The Kier molecular flexibility index (Phi) is 5.16. The first-order valence-corrected chi connectivity index (χ1v) is 3.58. The first kappa shape index (κ1) is 11.0. The van der Waals surface area contributed by atoms with Crippen molar-refractivity contribution in [2.24, 2.45) is 5.18 Å². The number of aliphatic hydroxyl groups is 1. The van der Waals surface area contributed by atoms with Gasteiger partial charge < -0.3 is 5.11 Å². The molecule has 1 aromatic rings. The SMILES string of the molecule is CO.Cc1c[nH+]c(Cl)c(N=O)c1. The Bertz CT molecular complexity index is 266. The molecular formula is C7H10ClN2O2+. The number of aryl methyl sites for hydroxylation is 1. The lowest BCUT2D eigenvalue weighted by molar-refractivity contribution is -0.375. The number of hydrogen-bond acceptors (Lipinski definition) is 3. The van der Waals surface area contributed by atoms with E-state index >= 15 is 0 Å². The summed E-state index contributed by atoms with van der Waals surface area (Å²) in [5, 5.41) is 10.00. The number of aromatic nitrogens is 1. The van der Waals surface area contributed by atoms with E-state index in [9.17, 15) is 4.91 Å². The van der Waals surface area contributed by atoms with Gasteiger partial charge in [0.05, 0.1) is 0 Å². The highest BCUT2D eigenvalue weighted by molar-refractivity contribution is 6.30. The van der Waals surface area contributed by atoms with Crippen LogP contribution in [0, 0.1) is 11.8 Å². The minimum absolute atomic E-state index is 0.252. The number of hydrogen-bond donors (Lipinski definition) is 1. The minimum Gasteiger partial charge on any atom is -0.400 e. The van der Waals surface area contributed by atoms with Crippen LogP contribution in [0.1, 0.15) is 5.56 Å². The molecule has 0 aliphatic heterocycles. The van der Waals surface area contributed by atoms with Gasteiger partial charge in [0, 0.05) is 12.7 Å². The summed E-state index contributed by atoms with van der Waals surface area (Å²) in [6, 6.07) is 1.62. The van der Waals surface area contributed by atoms with Crippen LogP contribution in [0.3, 0.4) is 0 Å². The molecule has 0 radical (unpaired) electrons. The number of nitrogens with one attached hydrogen (secondary N) is 1. The predicted molar refractivity (Wildman–Crippen MR) is 46.3 cm³/mol. The van der Waals surface area contributed by atoms with Crippen molar-refractivity contribution in [3.05, 3.63) is 27.9 Å². The molecule has 0 saturated heterocycles. The third-order valence-corrected chi connectivity index (χ3v) is 1.42. The summed E-state index contributed by atoms with van der Waals surface area (Å²) < 4.78 is 0. The highest BCUT2D eigenvalue weighted by atomic mass is 35.5. The van der Waals surface area contributed by atoms with Crippen molar-refractivity contribution >= 4 is 17.3 Å². The van der Waals surface area contributed by atoms with Crippen LogP contribution in [0.5, 0.6) is 0 Å². The molecule has 0 atom stereocenters. The van der Waals surface area contributed by atoms with Crippen LogP contribution in [0.25, 0.3) is 0 Å². The Hall–Kier alpha value is -1.00. The summed E-state index contributed by atoms with van der Waals surface area (Å²) in [6.45, 7) is 1.85. The molecule has 0 aromatic carbocycles. The van der Waals surface area contributed by atoms with Crippen LogP contribution in [0.15, 0.2) is 17.4 Å². The lowest BCUT2D eigenvalue weighted by Crippen LogP contribution is -2.02. The molecule has 0 bridgehead atoms. The maximum atomic E-state index is 10.0. The van der Waals surface area contributed by atoms with Crippen LogP contribution in [0.2, 0.25) is 5.15 Å². The summed E-state index contributed by atoms with van der Waals surface area (Å²) in [5.41, 5.74) is 1.18. The highest BCUT2D eigenvalue weighted by Gasteiger charge is 2.06. The van der Waals surface area contributed by atoms with Gasteiger partial charge in [0.1, 0.15) is 0 Å². The molecule has 2 N–H and O–H groups in total. The van der Waals surface area contributed by atoms with Crippen molar-refractivity contribution in [2.75, 3.05) is 7.11 Å². The van der Waals surface area contributed by atoms with Gasteiger partial charge >= 0.3 is 5.15 Å². The van der Waals surface area contributed by atoms with E-state index in [4.69, 9.17) is 16.7 Å². The Labute approximate surface area is 75.2 Å². The number of pyridine rings is 1. The number of rotatable bonds is 1. The molecule has 0 fully saturated rings. The molecule has 0 spiro atoms. The summed E-state index contributed by atoms with van der Waals surface area (Å²) >= 11 is 5.55. The Morgan fingerprint density at radius 3 is 2.58 bits per heavy atom. The zero-order chi connectivity index (χ0) is 9.56. The molecule has 0 aliphatic rings. The smallest absolute Gasteiger partial charge is 0.302 e. The number of nitroso groups, excluding NO2 is 1. The molecule has 1 rings (SSSR count). The molecule has 0 amide bonds. The molecule has 0 saturated carbocycles. The van der Waals surface area contributed by atoms with Crippen molar-refractivity contribution in [3.63, 3.8) is 0 Å². The predicted octanol–water partition coefficient (Wildman–Crippen LogP) is 1.47. The quantitative estimate of drug-likeness (QED) is 0.537. The normalized spacial score (nSPS) is 8.33. The number of halogens is 1. The molecule has 1 aromatic heterocycles. The third-order valence-electron chi connectivity index (χ3n) is 1.11. The van der Waals surface area contributed by atoms with Gasteiger partial charge in [0.25, 0.3) is 0 Å². The van der Waals surface area contributed by atoms with Gasteiger partial charge in [-0.25, -0.2) is 0 Å². The van der Waals surface area contributed by atoms with E-state index < -0.39 is 0 Å². The highest BCUT2D eigenvalue weighted by Crippen LogP contribution is 2.19. The molecular weight excluding hydrogens is 180 g/mol. The van der Waals surface area contributed by atoms with Crippen LogP contribution < -0.4 is 4.98 Å². The molecule has 1 heterocycles. The first-order valence-electron chi connectivity index (χ1n) is 3.20. The summed E-state index contributed by atoms with van der Waals surface area (Å²) in [5.74, 6) is 0. The second-order valence-electron chi connectivity index (χ2n) is 1.97. The number of H-pyrrole nitrogens is 1. The van der Waals surface area contributed by atoms with Crippen LogP contribution >= 0.6 is 11.6 Å². The Balaban J connectivity index is 0.000000561. The minimum atomic E-state index is 0.252. The van der Waals surface area contributed by atoms with E-state index in [2.05, 4.69) is 10.2 Å². The van der Waals surface area contributed by atoms with Gasteiger partial charge in [-0.2, -0.15) is 4.98 Å². The maximum absolute atomic E-state index is 10.0. The molecule has 5 heteroatoms. The number of aliphatic hydroxyl groups excluding tert-OH is 1. The van der Waals surface area contributed by atoms with Gasteiger partial charge in [-0.15, -0.1) is 4.91 Å². The fraction of sp³-hybridized carbons (Fsp3) is 0.286. The lowest BCUT2D eigenvalue weighted by atomic mass is 10.3. The van der Waals surface area contributed by atoms with Crippen LogP contribution in [-0.2, 0) is 0 Å². The monoisotopic (exact) mass is 189 g/mol. The number of nitrogens with zero attached hydrogens (tertiary/aromatic N) is 1. The molecule has 12 heavy (non-hydrogen) atoms. The molecule has 0 aliphatic carbocycles. The van der Waals surface area contributed by atoms with Crippen molar-refractivity contribution in [2.45, 2.75) is 6.92 Å². The zero-order valence-corrected chi connectivity index (χ0v) is 7.59. The van der Waals surface area contributed by atoms with E-state index in [-0.39, 0.29) is 10.8 Å². The van der Waals surface area contributed by atoms with E-state index in [1.807, 2.05) is 6.92 Å². The summed E-state index contributed by atoms with van der Waals surface area (Å²) in [6.07, 6.45) is 1.71. The fourth-order valence-corrected chi connectivity index (χ4v) is 0.782. The Morgan fingerprint density at radius 1 is 1.58 bits per heavy atom. The summed E-state index contributed by atoms with van der Waals surface area (Å²) in [7, 11) is 1.00. The zero-order valence-electron chi connectivity index (χ0n) is 6.84. The third kappa shape index (κ3) is 2.94. The largest absolute Gasteiger partial charge is 0.400 e. The average molecular weight is 190 g/mol. The van der Waals surface area contributed by atoms with Gasteiger partial charge in [-0.05, 0) is 29.8 Å². The van der Waals surface area contributed by atoms with Crippen molar-refractivity contribution in [3.8, 4) is 0 Å². The van der Waals surface area contributed by atoms with Crippen molar-refractivity contribution in [1.29, 1.82) is 0 Å². The number of aromatic amines is 1. The van der Waals surface area contributed by atoms with E-state index in [0.717, 1.165) is 12.7 Å². The summed E-state index contributed by atoms with van der Waals surface area (Å²) in [4.78, 5) is 12.7. The second-order valence-corrected chi connectivity index (χ2v) is 2.35. The van der Waals surface area contributed by atoms with Gasteiger partial charge in [0.15, 0.2) is 11.9 Å². The van der Waals surface area contributed by atoms with Crippen molar-refractivity contribution in [1.82, 2.24) is 0 Å². The van der Waals surface area contributed by atoms with E-state index in [1.54, 1.807) is 12.3 Å². The molecule has 4 nitrogen and oxygen atoms in total. The Morgan fingerprint density at radius 2 is 2.17 bits per heavy atom. The molecule has 0 unspecified atom stereocenters. The van der Waals surface area contributed by atoms with E-state index in [1.165, 1.54) is 0 Å². The topological polar surface area (TPSA) is 63.8 Å². The van der Waals surface area contributed by atoms with Gasteiger partial charge in [0.2, 0.25) is 0 Å².